The van der Waals surface area contributed by atoms with Crippen molar-refractivity contribution < 1.29 is 4.79 Å². The lowest BCUT2D eigenvalue weighted by Gasteiger charge is -2.12. The van der Waals surface area contributed by atoms with E-state index >= 15 is 0 Å². The Morgan fingerprint density at radius 3 is 2.69 bits per heavy atom. The molecule has 0 radical (unpaired) electrons. The van der Waals surface area contributed by atoms with E-state index in [1.165, 1.54) is 43.9 Å². The van der Waals surface area contributed by atoms with Gasteiger partial charge in [-0.1, -0.05) is 37.4 Å². The van der Waals surface area contributed by atoms with Gasteiger partial charge in [0.05, 0.1) is 5.75 Å². The molecule has 1 heterocycles. The van der Waals surface area contributed by atoms with Crippen molar-refractivity contribution in [3.05, 3.63) is 30.1 Å². The molecule has 0 aliphatic heterocycles. The van der Waals surface area contributed by atoms with E-state index < -0.39 is 0 Å². The second kappa shape index (κ2) is 9.07. The number of hydrogen-bond donors (Lipinski definition) is 2. The van der Waals surface area contributed by atoms with E-state index in [2.05, 4.69) is 20.5 Å². The van der Waals surface area contributed by atoms with Crippen molar-refractivity contribution in [3.8, 4) is 0 Å². The van der Waals surface area contributed by atoms with E-state index in [9.17, 15) is 4.79 Å². The van der Waals surface area contributed by atoms with E-state index in [1.54, 1.807) is 0 Å². The first kappa shape index (κ1) is 18.8. The summed E-state index contributed by atoms with van der Waals surface area (Å²) in [5, 5.41) is 10.8. The minimum atomic E-state index is -0.0510. The van der Waals surface area contributed by atoms with Gasteiger partial charge in [-0.15, -0.1) is 5.10 Å². The number of anilines is 2. The number of carbonyl (C=O) groups is 1. The quantitative estimate of drug-likeness (QED) is 0.690. The Morgan fingerprint density at radius 1 is 1.27 bits per heavy atom. The summed E-state index contributed by atoms with van der Waals surface area (Å²) in [4.78, 5) is 18.6. The zero-order valence-electron chi connectivity index (χ0n) is 15.5. The van der Waals surface area contributed by atoms with Crippen LogP contribution in [-0.2, 0) is 11.2 Å². The molecule has 7 heteroatoms. The molecular formula is C19H27N5OS. The van der Waals surface area contributed by atoms with Crippen LogP contribution in [0, 0.1) is 5.92 Å². The van der Waals surface area contributed by atoms with Crippen LogP contribution in [0.4, 0.5) is 11.4 Å². The van der Waals surface area contributed by atoms with E-state index in [1.807, 2.05) is 43.3 Å². The molecule has 1 amide bonds. The molecule has 26 heavy (non-hydrogen) atoms. The number of amides is 1. The molecule has 0 atom stereocenters. The van der Waals surface area contributed by atoms with Crippen LogP contribution in [0.25, 0.3) is 0 Å². The van der Waals surface area contributed by atoms with Gasteiger partial charge >= 0.3 is 0 Å². The number of nitrogens with one attached hydrogen (secondary N) is 2. The van der Waals surface area contributed by atoms with Crippen molar-refractivity contribution in [2.75, 3.05) is 30.1 Å². The van der Waals surface area contributed by atoms with Gasteiger partial charge in [0.15, 0.2) is 0 Å². The Balaban J connectivity index is 1.41. The Hall–Kier alpha value is -2.02. The summed E-state index contributed by atoms with van der Waals surface area (Å²) < 4.78 is 0. The zero-order chi connectivity index (χ0) is 18.4. The predicted octanol–water partition coefficient (Wildman–Crippen LogP) is 3.72. The van der Waals surface area contributed by atoms with Crippen LogP contribution in [-0.4, -0.2) is 40.9 Å². The molecule has 1 saturated carbocycles. The van der Waals surface area contributed by atoms with Crippen LogP contribution >= 0.6 is 11.8 Å². The van der Waals surface area contributed by atoms with Gasteiger partial charge in [0.1, 0.15) is 5.82 Å². The molecule has 2 N–H and O–H groups in total. The lowest BCUT2D eigenvalue weighted by Crippen LogP contribution is -2.14. The van der Waals surface area contributed by atoms with Gasteiger partial charge in [0, 0.05) is 31.9 Å². The van der Waals surface area contributed by atoms with Crippen molar-refractivity contribution >= 4 is 29.0 Å². The first-order valence-electron chi connectivity index (χ1n) is 9.21. The van der Waals surface area contributed by atoms with Gasteiger partial charge in [0.25, 0.3) is 0 Å². The predicted molar refractivity (Wildman–Crippen MR) is 107 cm³/mol. The monoisotopic (exact) mass is 373 g/mol. The summed E-state index contributed by atoms with van der Waals surface area (Å²) in [6, 6.07) is 7.78. The summed E-state index contributed by atoms with van der Waals surface area (Å²) >= 11 is 1.36. The van der Waals surface area contributed by atoms with Gasteiger partial charge in [-0.05, 0) is 36.6 Å². The average Bonchev–Trinajstić information content (AvgIpc) is 3.30. The maximum absolute atomic E-state index is 12.1. The highest BCUT2D eigenvalue weighted by Gasteiger charge is 2.16. The minimum Gasteiger partial charge on any atom is -0.378 e. The normalized spacial score (nSPS) is 14.5. The fourth-order valence-electron chi connectivity index (χ4n) is 3.26. The number of aromatic nitrogens is 3. The molecule has 1 fully saturated rings. The molecule has 1 aliphatic carbocycles. The maximum Gasteiger partial charge on any atom is 0.234 e. The third kappa shape index (κ3) is 5.49. The molecule has 1 aliphatic rings. The molecule has 6 nitrogen and oxygen atoms in total. The van der Waals surface area contributed by atoms with Crippen LogP contribution < -0.4 is 10.2 Å². The Kier molecular flexibility index (Phi) is 6.55. The maximum atomic E-state index is 12.1. The highest BCUT2D eigenvalue weighted by Crippen LogP contribution is 2.28. The number of nitrogens with zero attached hydrogens (tertiary/aromatic N) is 3. The Bertz CT molecular complexity index is 707. The molecular weight excluding hydrogens is 346 g/mol. The number of hydrogen-bond acceptors (Lipinski definition) is 5. The molecule has 0 unspecified atom stereocenters. The fourth-order valence-corrected chi connectivity index (χ4v) is 3.88. The van der Waals surface area contributed by atoms with Crippen LogP contribution in [0.3, 0.4) is 0 Å². The molecule has 0 bridgehead atoms. The van der Waals surface area contributed by atoms with Gasteiger partial charge in [-0.3, -0.25) is 9.89 Å². The van der Waals surface area contributed by atoms with E-state index in [0.717, 1.165) is 29.5 Å². The molecule has 140 valence electrons. The van der Waals surface area contributed by atoms with Crippen molar-refractivity contribution in [1.82, 2.24) is 15.2 Å². The van der Waals surface area contributed by atoms with Crippen LogP contribution in [0.1, 0.15) is 37.9 Å². The SMILES string of the molecule is CN(C)c1ccc(NC(=O)CSc2n[nH]c(CCC3CCCC3)n2)cc1. The molecule has 1 aromatic carbocycles. The molecule has 0 saturated heterocycles. The second-order valence-corrected chi connectivity index (χ2v) is 7.97. The summed E-state index contributed by atoms with van der Waals surface area (Å²) in [5.41, 5.74) is 1.90. The van der Waals surface area contributed by atoms with Crippen molar-refractivity contribution in [1.29, 1.82) is 0 Å². The Labute approximate surface area is 159 Å². The van der Waals surface area contributed by atoms with Crippen LogP contribution in [0.5, 0.6) is 0 Å². The smallest absolute Gasteiger partial charge is 0.234 e. The van der Waals surface area contributed by atoms with Crippen molar-refractivity contribution in [3.63, 3.8) is 0 Å². The molecule has 2 aromatic rings. The number of aromatic amines is 1. The standard InChI is InChI=1S/C19H27N5OS/c1-24(2)16-10-8-15(9-11-16)20-18(25)13-26-19-21-17(22-23-19)12-7-14-5-3-4-6-14/h8-11,14H,3-7,12-13H2,1-2H3,(H,20,25)(H,21,22,23). The summed E-state index contributed by atoms with van der Waals surface area (Å²) in [5.74, 6) is 2.03. The first-order chi connectivity index (χ1) is 12.6. The topological polar surface area (TPSA) is 73.9 Å². The van der Waals surface area contributed by atoms with Crippen molar-refractivity contribution in [2.45, 2.75) is 43.7 Å². The van der Waals surface area contributed by atoms with Crippen LogP contribution in [0.15, 0.2) is 29.4 Å². The largest absolute Gasteiger partial charge is 0.378 e. The van der Waals surface area contributed by atoms with Gasteiger partial charge in [-0.25, -0.2) is 4.98 Å². The number of aryl methyl sites for hydroxylation is 1. The van der Waals surface area contributed by atoms with Gasteiger partial charge in [0.2, 0.25) is 11.1 Å². The highest BCUT2D eigenvalue weighted by atomic mass is 32.2. The third-order valence-corrected chi connectivity index (χ3v) is 5.62. The summed E-state index contributed by atoms with van der Waals surface area (Å²) in [6.07, 6.45) is 7.58. The van der Waals surface area contributed by atoms with E-state index in [-0.39, 0.29) is 5.91 Å². The summed E-state index contributed by atoms with van der Waals surface area (Å²) in [6.45, 7) is 0. The van der Waals surface area contributed by atoms with E-state index in [4.69, 9.17) is 0 Å². The summed E-state index contributed by atoms with van der Waals surface area (Å²) in [7, 11) is 3.98. The van der Waals surface area contributed by atoms with Crippen molar-refractivity contribution in [2.24, 2.45) is 5.92 Å². The lowest BCUT2D eigenvalue weighted by molar-refractivity contribution is -0.113. The number of carbonyl (C=O) groups excluding carboxylic acids is 1. The molecule has 0 spiro atoms. The van der Waals surface area contributed by atoms with Crippen LogP contribution in [0.2, 0.25) is 0 Å². The van der Waals surface area contributed by atoms with E-state index in [0.29, 0.717) is 10.9 Å². The molecule has 3 rings (SSSR count). The fraction of sp³-hybridized carbons (Fsp3) is 0.526. The van der Waals surface area contributed by atoms with Gasteiger partial charge in [-0.2, -0.15) is 0 Å². The zero-order valence-corrected chi connectivity index (χ0v) is 16.3. The minimum absolute atomic E-state index is 0.0510. The third-order valence-electron chi connectivity index (χ3n) is 4.78. The molecule has 1 aromatic heterocycles. The number of benzene rings is 1. The number of H-pyrrole nitrogens is 1. The number of thioether (sulfide) groups is 1. The Morgan fingerprint density at radius 2 is 2.00 bits per heavy atom. The first-order valence-corrected chi connectivity index (χ1v) is 10.2. The average molecular weight is 374 g/mol. The second-order valence-electron chi connectivity index (χ2n) is 7.03. The van der Waals surface area contributed by atoms with Gasteiger partial charge < -0.3 is 10.2 Å². The highest BCUT2D eigenvalue weighted by molar-refractivity contribution is 7.99. The number of rotatable bonds is 8. The lowest BCUT2D eigenvalue weighted by atomic mass is 10.0.